The molecule has 6 rings (SSSR count). The number of nitrogens with zero attached hydrogens (tertiary/aromatic N) is 1. The second-order valence-corrected chi connectivity index (χ2v) is 12.4. The summed E-state index contributed by atoms with van der Waals surface area (Å²) in [7, 11) is 1.39. The lowest BCUT2D eigenvalue weighted by Gasteiger charge is -2.42. The Labute approximate surface area is 250 Å². The summed E-state index contributed by atoms with van der Waals surface area (Å²) in [5.41, 5.74) is 2.49. The van der Waals surface area contributed by atoms with Crippen molar-refractivity contribution in [2.45, 2.75) is 18.8 Å². The quantitative estimate of drug-likeness (QED) is 0.191. The number of phenolic OH excluding ortho intramolecular Hbond substituents is 1. The molecule has 3 aliphatic carbocycles. The molecule has 10 heteroatoms. The van der Waals surface area contributed by atoms with Crippen LogP contribution < -0.4 is 9.64 Å². The molecule has 39 heavy (non-hydrogen) atoms. The predicted molar refractivity (Wildman–Crippen MR) is 156 cm³/mol. The van der Waals surface area contributed by atoms with E-state index < -0.39 is 23.7 Å². The summed E-state index contributed by atoms with van der Waals surface area (Å²) in [4.78, 5) is 55.4. The van der Waals surface area contributed by atoms with E-state index in [9.17, 15) is 24.3 Å². The normalized spacial score (nSPS) is 26.2. The number of ketones is 2. The molecule has 2 aromatic carbocycles. The third-order valence-corrected chi connectivity index (χ3v) is 9.62. The number of amides is 2. The molecule has 4 aliphatic rings. The zero-order chi connectivity index (χ0) is 27.7. The summed E-state index contributed by atoms with van der Waals surface area (Å²) < 4.78 is 6.45. The van der Waals surface area contributed by atoms with Crippen LogP contribution in [-0.2, 0) is 19.2 Å². The van der Waals surface area contributed by atoms with Crippen LogP contribution in [0.3, 0.4) is 0 Å². The average Bonchev–Trinajstić information content (AvgIpc) is 3.18. The fourth-order valence-electron chi connectivity index (χ4n) is 6.35. The lowest BCUT2D eigenvalue weighted by Crippen LogP contribution is -2.39. The highest BCUT2D eigenvalue weighted by molar-refractivity contribution is 14.1. The van der Waals surface area contributed by atoms with Crippen molar-refractivity contribution < 1.29 is 29.0 Å². The van der Waals surface area contributed by atoms with Crippen LogP contribution in [0.2, 0.25) is 5.02 Å². The summed E-state index contributed by atoms with van der Waals surface area (Å²) in [5.74, 6) is -3.76. The van der Waals surface area contributed by atoms with E-state index in [4.69, 9.17) is 16.3 Å². The fraction of sp³-hybridized carbons (Fsp3) is 0.241. The molecule has 1 fully saturated rings. The number of methoxy groups -OCH3 is 1. The SMILES string of the molecule is COc1cc([C@H]2C3=CC[C@@H]4C(=O)N(c5ccc(I)cc5)C(=O)[C@@H]4[C@@H]3CC3=C2C(=O)C=C(Br)C3=O)cc(Cl)c1O. The molecular weight excluding hydrogens is 701 g/mol. The van der Waals surface area contributed by atoms with Gasteiger partial charge in [0, 0.05) is 26.7 Å². The maximum atomic E-state index is 13.9. The number of hydrogen-bond donors (Lipinski definition) is 1. The molecule has 1 aliphatic heterocycles. The lowest BCUT2D eigenvalue weighted by atomic mass is 9.59. The molecule has 0 spiro atoms. The second kappa shape index (κ2) is 9.71. The van der Waals surface area contributed by atoms with Gasteiger partial charge in [0.1, 0.15) is 0 Å². The summed E-state index contributed by atoms with van der Waals surface area (Å²) >= 11 is 11.7. The topological polar surface area (TPSA) is 101 Å². The third kappa shape index (κ3) is 4.03. The zero-order valence-electron chi connectivity index (χ0n) is 20.4. The number of carbonyl (C=O) groups excluding carboxylic acids is 4. The molecule has 1 N–H and O–H groups in total. The number of fused-ring (bicyclic) bond motifs is 3. The van der Waals surface area contributed by atoms with Gasteiger partial charge in [0.15, 0.2) is 23.1 Å². The van der Waals surface area contributed by atoms with Crippen molar-refractivity contribution in [1.29, 1.82) is 0 Å². The van der Waals surface area contributed by atoms with Gasteiger partial charge in [-0.05, 0) is 99.2 Å². The van der Waals surface area contributed by atoms with Crippen molar-refractivity contribution in [1.82, 2.24) is 0 Å². The monoisotopic (exact) mass is 719 g/mol. The molecule has 1 heterocycles. The zero-order valence-corrected chi connectivity index (χ0v) is 24.9. The predicted octanol–water partition coefficient (Wildman–Crippen LogP) is 5.63. The number of phenols is 1. The van der Waals surface area contributed by atoms with Crippen molar-refractivity contribution in [3.8, 4) is 11.5 Å². The van der Waals surface area contributed by atoms with Gasteiger partial charge in [0.05, 0.1) is 34.1 Å². The first-order valence-electron chi connectivity index (χ1n) is 12.2. The van der Waals surface area contributed by atoms with Crippen molar-refractivity contribution in [3.05, 3.63) is 83.9 Å². The van der Waals surface area contributed by atoms with Crippen molar-refractivity contribution in [2.24, 2.45) is 17.8 Å². The van der Waals surface area contributed by atoms with E-state index in [1.807, 2.05) is 18.2 Å². The number of hydrogen-bond acceptors (Lipinski definition) is 6. The van der Waals surface area contributed by atoms with E-state index in [0.717, 1.165) is 9.14 Å². The van der Waals surface area contributed by atoms with Crippen LogP contribution in [0.15, 0.2) is 69.8 Å². The van der Waals surface area contributed by atoms with Crippen LogP contribution >= 0.6 is 50.1 Å². The Kier molecular flexibility index (Phi) is 6.59. The Hall–Kier alpha value is -2.76. The van der Waals surface area contributed by atoms with Gasteiger partial charge in [-0.15, -0.1) is 0 Å². The maximum Gasteiger partial charge on any atom is 0.238 e. The number of Topliss-reactive ketones (excluding diaryl/α,β-unsaturated/α-hetero) is 1. The van der Waals surface area contributed by atoms with Gasteiger partial charge in [0.2, 0.25) is 11.8 Å². The van der Waals surface area contributed by atoms with E-state index in [1.54, 1.807) is 24.3 Å². The number of imide groups is 1. The van der Waals surface area contributed by atoms with E-state index >= 15 is 0 Å². The van der Waals surface area contributed by atoms with Gasteiger partial charge in [-0.2, -0.15) is 0 Å². The molecule has 0 unspecified atom stereocenters. The first kappa shape index (κ1) is 26.5. The molecular formula is C29H20BrClINO6. The minimum absolute atomic E-state index is 0.0335. The number of carbonyl (C=O) groups is 4. The number of allylic oxidation sites excluding steroid dienone is 6. The Morgan fingerprint density at radius 2 is 1.79 bits per heavy atom. The number of benzene rings is 2. The molecule has 1 saturated heterocycles. The summed E-state index contributed by atoms with van der Waals surface area (Å²) in [5, 5.41) is 10.4. The third-order valence-electron chi connectivity index (χ3n) is 8.02. The fourth-order valence-corrected chi connectivity index (χ4v) is 7.37. The van der Waals surface area contributed by atoms with Crippen LogP contribution in [0, 0.1) is 21.3 Å². The van der Waals surface area contributed by atoms with Crippen LogP contribution in [-0.4, -0.2) is 35.6 Å². The minimum atomic E-state index is -0.699. The Morgan fingerprint density at radius 3 is 2.49 bits per heavy atom. The number of aromatic hydroxyl groups is 1. The lowest BCUT2D eigenvalue weighted by molar-refractivity contribution is -0.123. The van der Waals surface area contributed by atoms with Gasteiger partial charge in [-0.3, -0.25) is 24.1 Å². The van der Waals surface area contributed by atoms with E-state index in [2.05, 4.69) is 38.5 Å². The van der Waals surface area contributed by atoms with E-state index in [1.165, 1.54) is 18.1 Å². The first-order chi connectivity index (χ1) is 18.6. The molecule has 198 valence electrons. The number of halogens is 3. The van der Waals surface area contributed by atoms with Crippen molar-refractivity contribution >= 4 is 79.2 Å². The molecule has 0 radical (unpaired) electrons. The Balaban J connectivity index is 1.51. The molecule has 7 nitrogen and oxygen atoms in total. The molecule has 0 saturated carbocycles. The smallest absolute Gasteiger partial charge is 0.238 e. The van der Waals surface area contributed by atoms with Gasteiger partial charge < -0.3 is 9.84 Å². The highest BCUT2D eigenvalue weighted by Crippen LogP contribution is 2.56. The molecule has 2 amide bonds. The summed E-state index contributed by atoms with van der Waals surface area (Å²) in [6.45, 7) is 0. The number of anilines is 1. The number of ether oxygens (including phenoxy) is 1. The summed E-state index contributed by atoms with van der Waals surface area (Å²) in [6.07, 6.45) is 3.68. The largest absolute Gasteiger partial charge is 0.503 e. The van der Waals surface area contributed by atoms with Gasteiger partial charge in [0.25, 0.3) is 0 Å². The van der Waals surface area contributed by atoms with Gasteiger partial charge >= 0.3 is 0 Å². The van der Waals surface area contributed by atoms with Crippen LogP contribution in [0.25, 0.3) is 0 Å². The maximum absolute atomic E-state index is 13.9. The summed E-state index contributed by atoms with van der Waals surface area (Å²) in [6, 6.07) is 10.3. The van der Waals surface area contributed by atoms with Gasteiger partial charge in [-0.1, -0.05) is 23.3 Å². The first-order valence-corrected chi connectivity index (χ1v) is 14.5. The van der Waals surface area contributed by atoms with Crippen LogP contribution in [0.1, 0.15) is 24.3 Å². The van der Waals surface area contributed by atoms with Gasteiger partial charge in [-0.25, -0.2) is 0 Å². The Morgan fingerprint density at radius 1 is 1.08 bits per heavy atom. The van der Waals surface area contributed by atoms with E-state index in [0.29, 0.717) is 28.8 Å². The highest BCUT2D eigenvalue weighted by Gasteiger charge is 2.56. The van der Waals surface area contributed by atoms with Crippen molar-refractivity contribution in [3.63, 3.8) is 0 Å². The van der Waals surface area contributed by atoms with Crippen molar-refractivity contribution in [2.75, 3.05) is 12.0 Å². The van der Waals surface area contributed by atoms with Crippen LogP contribution in [0.5, 0.6) is 11.5 Å². The van der Waals surface area contributed by atoms with E-state index in [-0.39, 0.29) is 50.8 Å². The molecule has 0 aromatic heterocycles. The minimum Gasteiger partial charge on any atom is -0.503 e. The Bertz CT molecular complexity index is 1590. The molecule has 2 aromatic rings. The molecule has 0 bridgehead atoms. The standard InChI is InChI=1S/C29H20BrClINO6/c1-39-22-9-12(8-20(31)27(22)36)23-15-6-7-16-24(17(15)10-18-25(23)21(34)11-19(30)26(18)35)29(38)33(28(16)37)14-4-2-13(32)3-5-14/h2-6,8-9,11,16-17,23-24,36H,7,10H2,1H3/t16-,17+,23-,24-/m0/s1. The van der Waals surface area contributed by atoms with Crippen LogP contribution in [0.4, 0.5) is 5.69 Å². The molecule has 4 atom stereocenters. The highest BCUT2D eigenvalue weighted by atomic mass is 127. The number of rotatable bonds is 3. The second-order valence-electron chi connectivity index (χ2n) is 9.94. The average molecular weight is 721 g/mol.